The van der Waals surface area contributed by atoms with E-state index in [1.165, 1.54) is 0 Å². The molecule has 0 N–H and O–H groups in total. The fourth-order valence-electron chi connectivity index (χ4n) is 3.94. The van der Waals surface area contributed by atoms with Gasteiger partial charge in [-0.25, -0.2) is 0 Å². The Bertz CT molecular complexity index is 544. The molecule has 126 valence electrons. The number of anilines is 1. The number of aromatic nitrogens is 2. The molecule has 6 heteroatoms. The molecule has 3 rings (SSSR count). The maximum atomic E-state index is 12.5. The summed E-state index contributed by atoms with van der Waals surface area (Å²) in [5.41, 5.74) is 0.855. The van der Waals surface area contributed by atoms with E-state index in [0.717, 1.165) is 50.3 Å². The number of carbonyl (C=O) groups excluding carboxylic acids is 1. The number of rotatable bonds is 4. The van der Waals surface area contributed by atoms with Crippen molar-refractivity contribution in [2.24, 2.45) is 0 Å². The van der Waals surface area contributed by atoms with E-state index in [1.807, 2.05) is 19.1 Å². The summed E-state index contributed by atoms with van der Waals surface area (Å²) < 4.78 is 5.22. The summed E-state index contributed by atoms with van der Waals surface area (Å²) in [6.45, 7) is 5.05. The third-order valence-electron chi connectivity index (χ3n) is 5.09. The third kappa shape index (κ3) is 3.32. The molecule has 23 heavy (non-hydrogen) atoms. The lowest BCUT2D eigenvalue weighted by Gasteiger charge is -2.52. The Balaban J connectivity index is 1.81. The third-order valence-corrected chi connectivity index (χ3v) is 5.09. The summed E-state index contributed by atoms with van der Waals surface area (Å²) in [5, 5.41) is 8.51. The van der Waals surface area contributed by atoms with Crippen LogP contribution in [0.3, 0.4) is 0 Å². The van der Waals surface area contributed by atoms with Gasteiger partial charge in [0.25, 0.3) is 0 Å². The minimum Gasteiger partial charge on any atom is -0.383 e. The van der Waals surface area contributed by atoms with E-state index in [0.29, 0.717) is 19.6 Å². The van der Waals surface area contributed by atoms with Gasteiger partial charge >= 0.3 is 0 Å². The maximum Gasteiger partial charge on any atom is 0.223 e. The zero-order valence-electron chi connectivity index (χ0n) is 14.1. The van der Waals surface area contributed by atoms with Crippen LogP contribution < -0.4 is 4.90 Å². The number of nitrogens with zero attached hydrogens (tertiary/aromatic N) is 4. The van der Waals surface area contributed by atoms with Crippen molar-refractivity contribution in [2.75, 3.05) is 38.3 Å². The van der Waals surface area contributed by atoms with E-state index >= 15 is 0 Å². The van der Waals surface area contributed by atoms with Crippen molar-refractivity contribution < 1.29 is 9.53 Å². The molecule has 1 atom stereocenters. The Morgan fingerprint density at radius 2 is 2.09 bits per heavy atom. The summed E-state index contributed by atoms with van der Waals surface area (Å²) in [6, 6.07) is 4.03. The normalized spacial score (nSPS) is 25.2. The first-order chi connectivity index (χ1) is 11.1. The van der Waals surface area contributed by atoms with Gasteiger partial charge in [0.15, 0.2) is 5.82 Å². The molecule has 6 nitrogen and oxygen atoms in total. The predicted molar refractivity (Wildman–Crippen MR) is 88.4 cm³/mol. The van der Waals surface area contributed by atoms with Crippen molar-refractivity contribution in [1.29, 1.82) is 0 Å². The quantitative estimate of drug-likeness (QED) is 0.847. The largest absolute Gasteiger partial charge is 0.383 e. The van der Waals surface area contributed by atoms with Gasteiger partial charge in [-0.15, -0.1) is 5.10 Å². The monoisotopic (exact) mass is 318 g/mol. The van der Waals surface area contributed by atoms with Crippen molar-refractivity contribution in [1.82, 2.24) is 15.1 Å². The van der Waals surface area contributed by atoms with Gasteiger partial charge in [-0.3, -0.25) is 4.79 Å². The molecule has 1 aromatic rings. The van der Waals surface area contributed by atoms with Crippen LogP contribution in [0.25, 0.3) is 0 Å². The van der Waals surface area contributed by atoms with Crippen LogP contribution in [0.2, 0.25) is 0 Å². The van der Waals surface area contributed by atoms with Crippen LogP contribution in [-0.2, 0) is 9.53 Å². The highest BCUT2D eigenvalue weighted by Gasteiger charge is 2.45. The number of carbonyl (C=O) groups is 1. The molecule has 0 unspecified atom stereocenters. The first-order valence-corrected chi connectivity index (χ1v) is 8.49. The zero-order chi connectivity index (χ0) is 16.3. The van der Waals surface area contributed by atoms with E-state index in [2.05, 4.69) is 20.0 Å². The average molecular weight is 318 g/mol. The molecule has 0 aliphatic carbocycles. The number of aryl methyl sites for hydroxylation is 1. The Labute approximate surface area is 137 Å². The molecule has 1 amide bonds. The lowest BCUT2D eigenvalue weighted by molar-refractivity contribution is -0.143. The average Bonchev–Trinajstić information content (AvgIpc) is 2.55. The van der Waals surface area contributed by atoms with Crippen LogP contribution >= 0.6 is 0 Å². The smallest absolute Gasteiger partial charge is 0.223 e. The summed E-state index contributed by atoms with van der Waals surface area (Å²) >= 11 is 0. The van der Waals surface area contributed by atoms with Crippen LogP contribution in [0.4, 0.5) is 5.82 Å². The Morgan fingerprint density at radius 3 is 2.83 bits per heavy atom. The van der Waals surface area contributed by atoms with Crippen molar-refractivity contribution in [3.05, 3.63) is 17.8 Å². The van der Waals surface area contributed by atoms with Crippen LogP contribution in [0, 0.1) is 6.92 Å². The second kappa shape index (κ2) is 6.83. The van der Waals surface area contributed by atoms with Crippen LogP contribution in [0.1, 0.15) is 37.8 Å². The summed E-state index contributed by atoms with van der Waals surface area (Å²) in [6.07, 6.45) is 4.86. The summed E-state index contributed by atoms with van der Waals surface area (Å²) in [7, 11) is 1.69. The molecule has 3 heterocycles. The highest BCUT2D eigenvalue weighted by Crippen LogP contribution is 2.37. The SMILES string of the molecule is COCCN1C(=O)CCC[C@]12CCCN(c1ccc(C)nn1)C2. The molecule has 0 bridgehead atoms. The van der Waals surface area contributed by atoms with Crippen LogP contribution in [0.15, 0.2) is 12.1 Å². The van der Waals surface area contributed by atoms with E-state index in [9.17, 15) is 4.79 Å². The van der Waals surface area contributed by atoms with Gasteiger partial charge in [-0.05, 0) is 44.7 Å². The molecule has 2 saturated heterocycles. The highest BCUT2D eigenvalue weighted by molar-refractivity contribution is 5.78. The molecule has 1 aromatic heterocycles. The summed E-state index contributed by atoms with van der Waals surface area (Å²) in [5.74, 6) is 1.18. The number of ether oxygens (including phenoxy) is 1. The van der Waals surface area contributed by atoms with Gasteiger partial charge in [-0.1, -0.05) is 0 Å². The fraction of sp³-hybridized carbons (Fsp3) is 0.706. The van der Waals surface area contributed by atoms with E-state index in [4.69, 9.17) is 4.74 Å². The molecule has 1 spiro atoms. The molecule has 0 aromatic carbocycles. The lowest BCUT2D eigenvalue weighted by atomic mass is 9.79. The maximum absolute atomic E-state index is 12.5. The molecule has 0 radical (unpaired) electrons. The number of amides is 1. The number of methoxy groups -OCH3 is 1. The minimum atomic E-state index is -0.0708. The first-order valence-electron chi connectivity index (χ1n) is 8.49. The Morgan fingerprint density at radius 1 is 1.26 bits per heavy atom. The van der Waals surface area contributed by atoms with Gasteiger partial charge in [-0.2, -0.15) is 5.10 Å². The van der Waals surface area contributed by atoms with Crippen LogP contribution in [0.5, 0.6) is 0 Å². The van der Waals surface area contributed by atoms with E-state index < -0.39 is 0 Å². The molecular formula is C17H26N4O2. The topological polar surface area (TPSA) is 58.6 Å². The van der Waals surface area contributed by atoms with Crippen molar-refractivity contribution in [3.63, 3.8) is 0 Å². The van der Waals surface area contributed by atoms with Crippen LogP contribution in [-0.4, -0.2) is 59.9 Å². The molecular weight excluding hydrogens is 292 g/mol. The van der Waals surface area contributed by atoms with Gasteiger partial charge in [0.05, 0.1) is 17.8 Å². The second-order valence-electron chi connectivity index (χ2n) is 6.67. The minimum absolute atomic E-state index is 0.0708. The van der Waals surface area contributed by atoms with Gasteiger partial charge in [0.1, 0.15) is 0 Å². The number of likely N-dealkylation sites (tertiary alicyclic amines) is 1. The number of hydrogen-bond donors (Lipinski definition) is 0. The molecule has 2 aliphatic rings. The molecule has 2 fully saturated rings. The summed E-state index contributed by atoms with van der Waals surface area (Å²) in [4.78, 5) is 16.8. The molecule has 2 aliphatic heterocycles. The van der Waals surface area contributed by atoms with Crippen molar-refractivity contribution in [2.45, 2.75) is 44.6 Å². The number of piperidine rings is 2. The van der Waals surface area contributed by atoms with E-state index in [-0.39, 0.29) is 11.4 Å². The van der Waals surface area contributed by atoms with Gasteiger partial charge < -0.3 is 14.5 Å². The number of hydrogen-bond acceptors (Lipinski definition) is 5. The Hall–Kier alpha value is -1.69. The van der Waals surface area contributed by atoms with Crippen molar-refractivity contribution in [3.8, 4) is 0 Å². The second-order valence-corrected chi connectivity index (χ2v) is 6.67. The molecule has 0 saturated carbocycles. The standard InChI is InChI=1S/C17H26N4O2/c1-14-6-7-15(19-18-14)20-10-4-9-17(13-20)8-3-5-16(22)21(17)11-12-23-2/h6-7H,3-5,8-13H2,1-2H3/t17-/m1/s1. The zero-order valence-corrected chi connectivity index (χ0v) is 14.1. The van der Waals surface area contributed by atoms with Crippen molar-refractivity contribution >= 4 is 11.7 Å². The van der Waals surface area contributed by atoms with Gasteiger partial charge in [0.2, 0.25) is 5.91 Å². The highest BCUT2D eigenvalue weighted by atomic mass is 16.5. The Kier molecular flexibility index (Phi) is 4.80. The van der Waals surface area contributed by atoms with Gasteiger partial charge in [0, 0.05) is 33.2 Å². The fourth-order valence-corrected chi connectivity index (χ4v) is 3.94. The first kappa shape index (κ1) is 16.2. The lowest BCUT2D eigenvalue weighted by Crippen LogP contribution is -2.63. The van der Waals surface area contributed by atoms with E-state index in [1.54, 1.807) is 7.11 Å². The predicted octanol–water partition coefficient (Wildman–Crippen LogP) is 1.78.